The molecule has 2 atom stereocenters. The van der Waals surface area contributed by atoms with Gasteiger partial charge in [0.25, 0.3) is 0 Å². The van der Waals surface area contributed by atoms with E-state index in [0.717, 1.165) is 11.1 Å². The van der Waals surface area contributed by atoms with Crippen LogP contribution >= 0.6 is 11.6 Å². The van der Waals surface area contributed by atoms with E-state index in [4.69, 9.17) is 16.3 Å². The van der Waals surface area contributed by atoms with Crippen molar-refractivity contribution in [2.24, 2.45) is 0 Å². The van der Waals surface area contributed by atoms with Gasteiger partial charge in [0.1, 0.15) is 17.9 Å². The summed E-state index contributed by atoms with van der Waals surface area (Å²) in [4.78, 5) is 15.5. The fourth-order valence-corrected chi connectivity index (χ4v) is 2.52. The Bertz CT molecular complexity index is 697. The lowest BCUT2D eigenvalue weighted by molar-refractivity contribution is 0.0131. The van der Waals surface area contributed by atoms with Crippen molar-refractivity contribution in [1.82, 2.24) is 10.3 Å². The van der Waals surface area contributed by atoms with Gasteiger partial charge in [-0.25, -0.2) is 9.78 Å². The molecule has 7 heteroatoms. The van der Waals surface area contributed by atoms with Gasteiger partial charge in [0, 0.05) is 18.3 Å². The van der Waals surface area contributed by atoms with E-state index in [0.29, 0.717) is 10.7 Å². The summed E-state index contributed by atoms with van der Waals surface area (Å²) in [5, 5.41) is 23.2. The number of hydrogen-bond acceptors (Lipinski definition) is 5. The van der Waals surface area contributed by atoms with E-state index in [2.05, 4.69) is 10.3 Å². The van der Waals surface area contributed by atoms with Crippen LogP contribution in [0.4, 0.5) is 4.79 Å². The summed E-state index contributed by atoms with van der Waals surface area (Å²) in [6.45, 7) is 2.12. The maximum atomic E-state index is 11.6. The second-order valence-corrected chi connectivity index (χ2v) is 6.04. The van der Waals surface area contributed by atoms with E-state index < -0.39 is 18.3 Å². The number of carbonyl (C=O) groups is 1. The zero-order valence-corrected chi connectivity index (χ0v) is 14.6. The molecule has 2 aromatic rings. The van der Waals surface area contributed by atoms with Crippen LogP contribution in [0.5, 0.6) is 0 Å². The van der Waals surface area contributed by atoms with Crippen molar-refractivity contribution in [2.75, 3.05) is 6.54 Å². The van der Waals surface area contributed by atoms with Gasteiger partial charge in [0.05, 0.1) is 6.10 Å². The molecule has 1 heterocycles. The van der Waals surface area contributed by atoms with E-state index in [9.17, 15) is 15.0 Å². The highest BCUT2D eigenvalue weighted by Crippen LogP contribution is 2.23. The maximum Gasteiger partial charge on any atom is 0.407 e. The zero-order valence-electron chi connectivity index (χ0n) is 13.9. The van der Waals surface area contributed by atoms with Gasteiger partial charge < -0.3 is 20.3 Å². The number of aromatic nitrogens is 1. The van der Waals surface area contributed by atoms with Gasteiger partial charge in [0.15, 0.2) is 0 Å². The Kier molecular flexibility index (Phi) is 7.18. The first-order chi connectivity index (χ1) is 12.0. The van der Waals surface area contributed by atoms with Crippen molar-refractivity contribution in [3.8, 4) is 0 Å². The second kappa shape index (κ2) is 9.36. The summed E-state index contributed by atoms with van der Waals surface area (Å²) in [6.07, 6.45) is -1.12. The van der Waals surface area contributed by atoms with Gasteiger partial charge in [-0.1, -0.05) is 41.9 Å². The number of aryl methyl sites for hydroxylation is 1. The monoisotopic (exact) mass is 364 g/mol. The van der Waals surface area contributed by atoms with Crippen molar-refractivity contribution in [3.05, 3.63) is 64.4 Å². The standard InChI is InChI=1S/C18H21ClN2O4/c1-12-9-16(19)21-10-14(12)17(23)15(22)7-8-20-18(24)25-11-13-5-3-2-4-6-13/h2-6,9-10,15,17,22-23H,7-8,11H2,1H3,(H,20,24). The normalized spacial score (nSPS) is 13.1. The van der Waals surface area contributed by atoms with Gasteiger partial charge in [-0.05, 0) is 30.5 Å². The molecule has 3 N–H and O–H groups in total. The van der Waals surface area contributed by atoms with Crippen LogP contribution in [0.3, 0.4) is 0 Å². The molecule has 1 aromatic carbocycles. The molecule has 0 spiro atoms. The van der Waals surface area contributed by atoms with Gasteiger partial charge >= 0.3 is 6.09 Å². The summed E-state index contributed by atoms with van der Waals surface area (Å²) in [7, 11) is 0. The molecule has 0 radical (unpaired) electrons. The number of hydrogen-bond donors (Lipinski definition) is 3. The number of aliphatic hydroxyl groups excluding tert-OH is 2. The topological polar surface area (TPSA) is 91.7 Å². The Morgan fingerprint density at radius 3 is 2.72 bits per heavy atom. The van der Waals surface area contributed by atoms with Crippen molar-refractivity contribution in [1.29, 1.82) is 0 Å². The lowest BCUT2D eigenvalue weighted by Gasteiger charge is -2.19. The van der Waals surface area contributed by atoms with Gasteiger partial charge in [-0.15, -0.1) is 0 Å². The number of carbonyl (C=O) groups excluding carboxylic acids is 1. The number of ether oxygens (including phenoxy) is 1. The fraction of sp³-hybridized carbons (Fsp3) is 0.333. The number of amides is 1. The number of rotatable bonds is 7. The maximum absolute atomic E-state index is 11.6. The predicted molar refractivity (Wildman–Crippen MR) is 94.2 cm³/mol. The number of aliphatic hydroxyl groups is 2. The molecular weight excluding hydrogens is 344 g/mol. The Hall–Kier alpha value is -2.15. The summed E-state index contributed by atoms with van der Waals surface area (Å²) in [5.41, 5.74) is 2.13. The van der Waals surface area contributed by atoms with E-state index in [1.165, 1.54) is 6.20 Å². The van der Waals surface area contributed by atoms with Crippen LogP contribution in [0.25, 0.3) is 0 Å². The number of halogens is 1. The van der Waals surface area contributed by atoms with Crippen molar-refractivity contribution in [3.63, 3.8) is 0 Å². The number of alkyl carbamates (subject to hydrolysis) is 1. The molecule has 1 aromatic heterocycles. The van der Waals surface area contributed by atoms with Crippen molar-refractivity contribution < 1.29 is 19.7 Å². The number of benzene rings is 1. The molecule has 0 aliphatic rings. The summed E-state index contributed by atoms with van der Waals surface area (Å²) >= 11 is 5.78. The Balaban J connectivity index is 1.74. The minimum Gasteiger partial charge on any atom is -0.445 e. The molecule has 0 saturated heterocycles. The molecule has 134 valence electrons. The number of nitrogens with one attached hydrogen (secondary N) is 1. The van der Waals surface area contributed by atoms with E-state index in [1.807, 2.05) is 30.3 Å². The average Bonchev–Trinajstić information content (AvgIpc) is 2.60. The smallest absolute Gasteiger partial charge is 0.407 e. The van der Waals surface area contributed by atoms with Gasteiger partial charge in [-0.3, -0.25) is 0 Å². The van der Waals surface area contributed by atoms with E-state index >= 15 is 0 Å². The molecule has 2 unspecified atom stereocenters. The second-order valence-electron chi connectivity index (χ2n) is 5.65. The average molecular weight is 365 g/mol. The number of nitrogens with zero attached hydrogens (tertiary/aromatic N) is 1. The Labute approximate surface area is 151 Å². The molecule has 0 aliphatic heterocycles. The lowest BCUT2D eigenvalue weighted by atomic mass is 10.00. The highest BCUT2D eigenvalue weighted by atomic mass is 35.5. The van der Waals surface area contributed by atoms with Gasteiger partial charge in [-0.2, -0.15) is 0 Å². The lowest BCUT2D eigenvalue weighted by Crippen LogP contribution is -2.30. The van der Waals surface area contributed by atoms with Crippen LogP contribution in [0.1, 0.15) is 29.2 Å². The third-order valence-electron chi connectivity index (χ3n) is 3.72. The van der Waals surface area contributed by atoms with Crippen LogP contribution in [-0.4, -0.2) is 33.9 Å². The SMILES string of the molecule is Cc1cc(Cl)ncc1C(O)C(O)CCNC(=O)OCc1ccccc1. The van der Waals surface area contributed by atoms with Crippen LogP contribution < -0.4 is 5.32 Å². The minimum atomic E-state index is -1.10. The predicted octanol–water partition coefficient (Wildman–Crippen LogP) is 2.75. The van der Waals surface area contributed by atoms with Crippen LogP contribution in [-0.2, 0) is 11.3 Å². The molecule has 0 fully saturated rings. The fourth-order valence-electron chi connectivity index (χ4n) is 2.30. The Morgan fingerprint density at radius 2 is 2.04 bits per heavy atom. The van der Waals surface area contributed by atoms with E-state index in [1.54, 1.807) is 13.0 Å². The first-order valence-electron chi connectivity index (χ1n) is 7.90. The molecule has 2 rings (SSSR count). The third kappa shape index (κ3) is 6.01. The Morgan fingerprint density at radius 1 is 1.32 bits per heavy atom. The van der Waals surface area contributed by atoms with Crippen LogP contribution in [0.15, 0.2) is 42.6 Å². The first-order valence-corrected chi connectivity index (χ1v) is 8.28. The van der Waals surface area contributed by atoms with E-state index in [-0.39, 0.29) is 19.6 Å². The molecule has 1 amide bonds. The molecule has 0 aliphatic carbocycles. The quantitative estimate of drug-likeness (QED) is 0.657. The summed E-state index contributed by atoms with van der Waals surface area (Å²) in [6, 6.07) is 10.9. The number of pyridine rings is 1. The van der Waals surface area contributed by atoms with Crippen LogP contribution in [0, 0.1) is 6.92 Å². The highest BCUT2D eigenvalue weighted by molar-refractivity contribution is 6.29. The minimum absolute atomic E-state index is 0.170. The molecule has 6 nitrogen and oxygen atoms in total. The molecule has 0 saturated carbocycles. The molecular formula is C18H21ClN2O4. The largest absolute Gasteiger partial charge is 0.445 e. The first kappa shape index (κ1) is 19.2. The molecule has 0 bridgehead atoms. The van der Waals surface area contributed by atoms with Crippen molar-refractivity contribution >= 4 is 17.7 Å². The highest BCUT2D eigenvalue weighted by Gasteiger charge is 2.20. The molecule has 25 heavy (non-hydrogen) atoms. The summed E-state index contributed by atoms with van der Waals surface area (Å²) < 4.78 is 5.07. The van der Waals surface area contributed by atoms with Crippen molar-refractivity contribution in [2.45, 2.75) is 32.2 Å². The summed E-state index contributed by atoms with van der Waals surface area (Å²) in [5.74, 6) is 0. The zero-order chi connectivity index (χ0) is 18.2. The van der Waals surface area contributed by atoms with Gasteiger partial charge in [0.2, 0.25) is 0 Å². The van der Waals surface area contributed by atoms with Crippen LogP contribution in [0.2, 0.25) is 5.15 Å². The third-order valence-corrected chi connectivity index (χ3v) is 3.93.